The maximum absolute atomic E-state index is 10.6. The van der Waals surface area contributed by atoms with E-state index in [1.165, 1.54) is 0 Å². The molecule has 0 radical (unpaired) electrons. The van der Waals surface area contributed by atoms with Crippen molar-refractivity contribution in [2.45, 2.75) is 19.3 Å². The average molecular weight is 278 g/mol. The summed E-state index contributed by atoms with van der Waals surface area (Å²) in [6, 6.07) is 9.81. The third-order valence-corrected chi connectivity index (χ3v) is 3.33. The molecule has 0 spiro atoms. The fourth-order valence-corrected chi connectivity index (χ4v) is 2.17. The van der Waals surface area contributed by atoms with Crippen LogP contribution in [0.4, 0.5) is 0 Å². The van der Waals surface area contributed by atoms with E-state index in [0.717, 1.165) is 11.5 Å². The van der Waals surface area contributed by atoms with Crippen LogP contribution in [-0.2, 0) is 18.3 Å². The number of rotatable bonds is 5. The lowest BCUT2D eigenvalue weighted by molar-refractivity contribution is -0.686. The lowest BCUT2D eigenvalue weighted by Gasteiger charge is -2.01. The SMILES string of the molecule is C[n+]1c(CCCC(=O)O)n(-c2ccccc2)[nH]c1=S. The van der Waals surface area contributed by atoms with E-state index in [2.05, 4.69) is 5.10 Å². The second-order valence-corrected chi connectivity index (χ2v) is 4.70. The number of benzene rings is 1. The molecule has 0 bridgehead atoms. The van der Waals surface area contributed by atoms with Gasteiger partial charge in [-0.05, 0) is 30.8 Å². The molecule has 1 aromatic heterocycles. The zero-order valence-electron chi connectivity index (χ0n) is 10.7. The predicted octanol–water partition coefficient (Wildman–Crippen LogP) is 1.77. The van der Waals surface area contributed by atoms with Crippen LogP contribution < -0.4 is 4.57 Å². The number of carboxylic acids is 1. The number of carbonyl (C=O) groups is 1. The van der Waals surface area contributed by atoms with E-state index in [1.54, 1.807) is 0 Å². The number of hydrogen-bond donors (Lipinski definition) is 2. The van der Waals surface area contributed by atoms with Gasteiger partial charge in [0.1, 0.15) is 5.69 Å². The van der Waals surface area contributed by atoms with Gasteiger partial charge in [0.25, 0.3) is 0 Å². The van der Waals surface area contributed by atoms with Crippen molar-refractivity contribution < 1.29 is 14.5 Å². The molecule has 0 amide bonds. The number of aromatic amines is 1. The molecular formula is C13H16N3O2S+. The van der Waals surface area contributed by atoms with Crippen molar-refractivity contribution >= 4 is 18.2 Å². The molecule has 100 valence electrons. The van der Waals surface area contributed by atoms with Gasteiger partial charge in [-0.2, -0.15) is 0 Å². The number of nitrogens with one attached hydrogen (secondary N) is 1. The summed E-state index contributed by atoms with van der Waals surface area (Å²) in [5, 5.41) is 11.8. The molecule has 0 saturated carbocycles. The van der Waals surface area contributed by atoms with E-state index < -0.39 is 5.97 Å². The maximum atomic E-state index is 10.6. The Labute approximate surface area is 116 Å². The molecule has 6 heteroatoms. The highest BCUT2D eigenvalue weighted by atomic mass is 32.1. The van der Waals surface area contributed by atoms with Crippen molar-refractivity contribution in [1.82, 2.24) is 9.78 Å². The lowest BCUT2D eigenvalue weighted by atomic mass is 10.2. The summed E-state index contributed by atoms with van der Waals surface area (Å²) in [5.41, 5.74) is 0.986. The number of hydrogen-bond acceptors (Lipinski definition) is 2. The molecule has 2 rings (SSSR count). The number of H-pyrrole nitrogens is 1. The summed E-state index contributed by atoms with van der Waals surface area (Å²) in [5.74, 6) is 0.195. The Bertz CT molecular complexity index is 631. The fourth-order valence-electron chi connectivity index (χ4n) is 1.97. The third-order valence-electron chi connectivity index (χ3n) is 2.96. The minimum Gasteiger partial charge on any atom is -0.481 e. The molecule has 2 N–H and O–H groups in total. The van der Waals surface area contributed by atoms with E-state index in [9.17, 15) is 4.79 Å². The maximum Gasteiger partial charge on any atom is 0.323 e. The topological polar surface area (TPSA) is 61.9 Å². The summed E-state index contributed by atoms with van der Waals surface area (Å²) in [4.78, 5) is 10.6. The highest BCUT2D eigenvalue weighted by molar-refractivity contribution is 7.71. The van der Waals surface area contributed by atoms with Gasteiger partial charge in [0.15, 0.2) is 0 Å². The molecule has 0 atom stereocenters. The molecule has 1 heterocycles. The highest BCUT2D eigenvalue weighted by Gasteiger charge is 2.17. The smallest absolute Gasteiger partial charge is 0.323 e. The molecular weight excluding hydrogens is 262 g/mol. The Balaban J connectivity index is 2.31. The lowest BCUT2D eigenvalue weighted by Crippen LogP contribution is -2.33. The fraction of sp³-hybridized carbons (Fsp3) is 0.308. The van der Waals surface area contributed by atoms with Crippen molar-refractivity contribution in [3.63, 3.8) is 0 Å². The summed E-state index contributed by atoms with van der Waals surface area (Å²) in [6.45, 7) is 0. The van der Waals surface area contributed by atoms with Crippen LogP contribution in [0.2, 0.25) is 0 Å². The zero-order valence-corrected chi connectivity index (χ0v) is 11.5. The number of carboxylic acid groups (broad SMARTS) is 1. The van der Waals surface area contributed by atoms with E-state index in [1.807, 2.05) is 46.6 Å². The average Bonchev–Trinajstić information content (AvgIpc) is 2.68. The van der Waals surface area contributed by atoms with Gasteiger partial charge in [0.2, 0.25) is 5.82 Å². The molecule has 2 aromatic rings. The first-order valence-electron chi connectivity index (χ1n) is 6.06. The van der Waals surface area contributed by atoms with Gasteiger partial charge >= 0.3 is 10.7 Å². The Morgan fingerprint density at radius 2 is 2.11 bits per heavy atom. The number of para-hydroxylation sites is 1. The van der Waals surface area contributed by atoms with Crippen LogP contribution in [-0.4, -0.2) is 20.9 Å². The van der Waals surface area contributed by atoms with Crippen molar-refractivity contribution in [1.29, 1.82) is 0 Å². The number of aromatic nitrogens is 3. The van der Waals surface area contributed by atoms with Crippen molar-refractivity contribution in [3.05, 3.63) is 40.9 Å². The highest BCUT2D eigenvalue weighted by Crippen LogP contribution is 2.09. The molecule has 1 aromatic carbocycles. The third kappa shape index (κ3) is 3.08. The van der Waals surface area contributed by atoms with E-state index in [0.29, 0.717) is 17.6 Å². The molecule has 0 saturated heterocycles. The molecule has 0 unspecified atom stereocenters. The van der Waals surface area contributed by atoms with Crippen molar-refractivity contribution in [3.8, 4) is 5.69 Å². The Kier molecular flexibility index (Phi) is 4.11. The molecule has 5 nitrogen and oxygen atoms in total. The van der Waals surface area contributed by atoms with Gasteiger partial charge in [-0.1, -0.05) is 18.2 Å². The molecule has 0 aliphatic carbocycles. The Hall–Kier alpha value is -1.95. The molecule has 19 heavy (non-hydrogen) atoms. The normalized spacial score (nSPS) is 10.6. The number of nitrogens with zero attached hydrogens (tertiary/aromatic N) is 2. The molecule has 0 aliphatic rings. The van der Waals surface area contributed by atoms with Gasteiger partial charge in [0.05, 0.1) is 7.05 Å². The van der Waals surface area contributed by atoms with Gasteiger partial charge < -0.3 is 5.11 Å². The minimum absolute atomic E-state index is 0.159. The van der Waals surface area contributed by atoms with E-state index in [4.69, 9.17) is 17.3 Å². The monoisotopic (exact) mass is 278 g/mol. The van der Waals surface area contributed by atoms with Crippen molar-refractivity contribution in [2.24, 2.45) is 7.05 Å². The summed E-state index contributed by atoms with van der Waals surface area (Å²) in [7, 11) is 1.88. The largest absolute Gasteiger partial charge is 0.481 e. The molecule has 0 aliphatic heterocycles. The summed E-state index contributed by atoms with van der Waals surface area (Å²) in [6.07, 6.45) is 1.40. The van der Waals surface area contributed by atoms with E-state index in [-0.39, 0.29) is 6.42 Å². The summed E-state index contributed by atoms with van der Waals surface area (Å²) < 4.78 is 4.41. The van der Waals surface area contributed by atoms with Crippen LogP contribution in [0.15, 0.2) is 30.3 Å². The van der Waals surface area contributed by atoms with Crippen molar-refractivity contribution in [2.75, 3.05) is 0 Å². The second-order valence-electron chi connectivity index (χ2n) is 4.31. The predicted molar refractivity (Wildman–Crippen MR) is 72.7 cm³/mol. The second kappa shape index (κ2) is 5.79. The standard InChI is InChI=1S/C13H15N3O2S/c1-15-11(8-5-9-12(17)18)16(14-13(15)19)10-6-3-2-4-7-10/h2-4,6-7H,5,8-9H2,1H3,(H-,14,17,18,19)/p+1. The van der Waals surface area contributed by atoms with Gasteiger partial charge in [-0.25, -0.2) is 4.57 Å². The van der Waals surface area contributed by atoms with Crippen LogP contribution in [0.5, 0.6) is 0 Å². The van der Waals surface area contributed by atoms with Crippen LogP contribution in [0.1, 0.15) is 18.7 Å². The van der Waals surface area contributed by atoms with E-state index >= 15 is 0 Å². The Morgan fingerprint density at radius 1 is 1.42 bits per heavy atom. The first-order chi connectivity index (χ1) is 9.09. The van der Waals surface area contributed by atoms with Crippen LogP contribution in [0, 0.1) is 4.77 Å². The quantitative estimate of drug-likeness (QED) is 0.647. The first-order valence-corrected chi connectivity index (χ1v) is 6.47. The molecule has 0 fully saturated rings. The first kappa shape index (κ1) is 13.5. The summed E-state index contributed by atoms with van der Waals surface area (Å²) >= 11 is 5.23. The van der Waals surface area contributed by atoms with Gasteiger partial charge in [0, 0.05) is 12.8 Å². The van der Waals surface area contributed by atoms with Gasteiger partial charge in [-0.15, -0.1) is 9.78 Å². The van der Waals surface area contributed by atoms with Crippen LogP contribution in [0.25, 0.3) is 5.69 Å². The van der Waals surface area contributed by atoms with Crippen LogP contribution in [0.3, 0.4) is 0 Å². The number of aliphatic carboxylic acids is 1. The zero-order chi connectivity index (χ0) is 13.8. The van der Waals surface area contributed by atoms with Crippen LogP contribution >= 0.6 is 12.2 Å². The van der Waals surface area contributed by atoms with Gasteiger partial charge in [-0.3, -0.25) is 4.79 Å². The Morgan fingerprint density at radius 3 is 2.74 bits per heavy atom. The minimum atomic E-state index is -0.775.